The van der Waals surface area contributed by atoms with E-state index in [0.717, 1.165) is 33.2 Å². The van der Waals surface area contributed by atoms with Gasteiger partial charge in [-0.2, -0.15) is 0 Å². The Morgan fingerprint density at radius 2 is 1.62 bits per heavy atom. The third kappa shape index (κ3) is 3.25. The van der Waals surface area contributed by atoms with Gasteiger partial charge in [0.1, 0.15) is 0 Å². The molecule has 0 spiro atoms. The third-order valence-corrected chi connectivity index (χ3v) is 4.47. The second kappa shape index (κ2) is 6.89. The maximum absolute atomic E-state index is 10.9. The normalized spacial score (nSPS) is 11.0. The number of benzene rings is 1. The highest BCUT2D eigenvalue weighted by Crippen LogP contribution is 2.31. The minimum Gasteiger partial charge on any atom is -0.284 e. The first-order valence-electron chi connectivity index (χ1n) is 7.86. The van der Waals surface area contributed by atoms with Crippen molar-refractivity contribution in [3.8, 4) is 22.3 Å². The van der Waals surface area contributed by atoms with Gasteiger partial charge in [0.05, 0.1) is 17.4 Å². The molecule has 0 saturated carbocycles. The van der Waals surface area contributed by atoms with Gasteiger partial charge in [-0.3, -0.25) is 19.7 Å². The summed E-state index contributed by atoms with van der Waals surface area (Å²) in [6.45, 7) is 0. The van der Waals surface area contributed by atoms with Crippen molar-refractivity contribution in [2.24, 2.45) is 0 Å². The monoisotopic (exact) mass is 362 g/mol. The van der Waals surface area contributed by atoms with Crippen LogP contribution in [0.2, 0.25) is 0 Å². The minimum atomic E-state index is -2.73. The molecule has 0 bridgehead atoms. The number of aromatic nitrogens is 3. The van der Waals surface area contributed by atoms with Crippen molar-refractivity contribution in [3.63, 3.8) is 0 Å². The number of hydrogen-bond acceptors (Lipinski definition) is 5. The Kier molecular flexibility index (Phi) is 4.28. The largest absolute Gasteiger partial charge is 0.284 e. The molecule has 3 aromatic heterocycles. The van der Waals surface area contributed by atoms with E-state index < -0.39 is 10.9 Å². The van der Waals surface area contributed by atoms with E-state index >= 15 is 0 Å². The number of nitrogens with zero attached hydrogens (tertiary/aromatic N) is 3. The van der Waals surface area contributed by atoms with E-state index in [0.29, 0.717) is 5.69 Å². The molecule has 128 valence electrons. The fourth-order valence-corrected chi connectivity index (χ4v) is 3.21. The lowest BCUT2D eigenvalue weighted by Gasteiger charge is -2.09. The van der Waals surface area contributed by atoms with Crippen molar-refractivity contribution in [2.45, 2.75) is 0 Å². The Bertz CT molecular complexity index is 1150. The lowest BCUT2D eigenvalue weighted by Crippen LogP contribution is -1.95. The van der Waals surface area contributed by atoms with Crippen LogP contribution in [-0.4, -0.2) is 23.4 Å². The van der Waals surface area contributed by atoms with Crippen LogP contribution in [0, 0.1) is 0 Å². The smallest absolute Gasteiger partial charge is 0.222 e. The molecular weight excluding hydrogens is 348 g/mol. The quantitative estimate of drug-likeness (QED) is 0.544. The summed E-state index contributed by atoms with van der Waals surface area (Å²) in [6, 6.07) is 13.6. The van der Waals surface area contributed by atoms with Crippen molar-refractivity contribution in [2.75, 3.05) is 4.72 Å². The fraction of sp³-hybridized carbons (Fsp3) is 0. The molecule has 3 heterocycles. The summed E-state index contributed by atoms with van der Waals surface area (Å²) in [5.74, 6) is 0. The number of nitrogens with one attached hydrogen (secondary N) is 1. The highest BCUT2D eigenvalue weighted by atomic mass is 32.2. The topological polar surface area (TPSA) is 84.8 Å². The van der Waals surface area contributed by atoms with Gasteiger partial charge in [0.15, 0.2) is 0 Å². The van der Waals surface area contributed by atoms with E-state index in [-0.39, 0.29) is 0 Å². The van der Waals surface area contributed by atoms with Crippen molar-refractivity contribution >= 4 is 27.5 Å². The van der Waals surface area contributed by atoms with E-state index in [9.17, 15) is 8.42 Å². The summed E-state index contributed by atoms with van der Waals surface area (Å²) in [7, 11) is -2.73. The van der Waals surface area contributed by atoms with Gasteiger partial charge >= 0.3 is 0 Å². The van der Waals surface area contributed by atoms with E-state index in [4.69, 9.17) is 0 Å². The van der Waals surface area contributed by atoms with Gasteiger partial charge in [0.2, 0.25) is 10.9 Å². The lowest BCUT2D eigenvalue weighted by atomic mass is 9.98. The van der Waals surface area contributed by atoms with E-state index in [1.165, 1.54) is 6.20 Å². The molecular formula is C19H14N4O2S. The zero-order valence-corrected chi connectivity index (χ0v) is 14.4. The Morgan fingerprint density at radius 3 is 2.42 bits per heavy atom. The van der Waals surface area contributed by atoms with E-state index in [2.05, 4.69) is 19.7 Å². The van der Waals surface area contributed by atoms with Gasteiger partial charge in [-0.25, -0.2) is 8.42 Å². The molecule has 1 aromatic carbocycles. The summed E-state index contributed by atoms with van der Waals surface area (Å²) >= 11 is 0. The molecule has 4 aromatic rings. The van der Waals surface area contributed by atoms with Crippen molar-refractivity contribution in [3.05, 3.63) is 73.4 Å². The first-order valence-corrected chi connectivity index (χ1v) is 9.04. The SMILES string of the molecule is O=[SH](=O)Nc1cncc(-c2ccc3nccc(-c4ccncc4)c3c2)c1. The van der Waals surface area contributed by atoms with Crippen LogP contribution >= 0.6 is 0 Å². The van der Waals surface area contributed by atoms with Crippen LogP contribution in [0.5, 0.6) is 0 Å². The molecule has 0 aliphatic carbocycles. The number of thiol groups is 1. The first-order chi connectivity index (χ1) is 12.7. The number of anilines is 1. The highest BCUT2D eigenvalue weighted by Gasteiger charge is 2.08. The molecule has 0 unspecified atom stereocenters. The molecule has 0 atom stereocenters. The van der Waals surface area contributed by atoms with E-state index in [1.54, 1.807) is 30.9 Å². The van der Waals surface area contributed by atoms with Crippen LogP contribution < -0.4 is 4.72 Å². The summed E-state index contributed by atoms with van der Waals surface area (Å²) in [5, 5.41) is 1.00. The Labute approximate surface area is 151 Å². The molecule has 0 saturated heterocycles. The average molecular weight is 362 g/mol. The molecule has 0 aliphatic heterocycles. The standard InChI is InChI=1S/C19H14N4O2S/c24-26(25)23-16-9-15(11-21-12-16)14-1-2-19-18(10-14)17(5-8-22-19)13-3-6-20-7-4-13/h1-12,26H,(H,23,24,25). The molecule has 4 rings (SSSR count). The lowest BCUT2D eigenvalue weighted by molar-refractivity contribution is 0.619. The summed E-state index contributed by atoms with van der Waals surface area (Å²) in [5.41, 5.74) is 5.18. The average Bonchev–Trinajstić information content (AvgIpc) is 2.67. The van der Waals surface area contributed by atoms with Gasteiger partial charge in [-0.1, -0.05) is 6.07 Å². The first kappa shape index (κ1) is 16.2. The van der Waals surface area contributed by atoms with Crippen LogP contribution in [-0.2, 0) is 10.9 Å². The maximum Gasteiger partial charge on any atom is 0.222 e. The van der Waals surface area contributed by atoms with Gasteiger partial charge in [0, 0.05) is 35.7 Å². The van der Waals surface area contributed by atoms with Crippen molar-refractivity contribution < 1.29 is 8.42 Å². The zero-order chi connectivity index (χ0) is 17.9. The number of hydrogen-bond donors (Lipinski definition) is 2. The molecule has 6 nitrogen and oxygen atoms in total. The van der Waals surface area contributed by atoms with Crippen LogP contribution in [0.25, 0.3) is 33.2 Å². The van der Waals surface area contributed by atoms with E-state index in [1.807, 2.05) is 36.4 Å². The molecule has 0 aliphatic rings. The highest BCUT2D eigenvalue weighted by molar-refractivity contribution is 7.73. The second-order valence-corrected chi connectivity index (χ2v) is 6.40. The van der Waals surface area contributed by atoms with Crippen LogP contribution in [0.15, 0.2) is 73.4 Å². The maximum atomic E-state index is 10.9. The zero-order valence-electron chi connectivity index (χ0n) is 13.5. The van der Waals surface area contributed by atoms with Gasteiger partial charge in [-0.05, 0) is 53.1 Å². The number of fused-ring (bicyclic) bond motifs is 1. The Hall–Kier alpha value is -3.32. The van der Waals surface area contributed by atoms with Gasteiger partial charge in [-0.15, -0.1) is 0 Å². The predicted octanol–water partition coefficient (Wildman–Crippen LogP) is 3.30. The van der Waals surface area contributed by atoms with Gasteiger partial charge < -0.3 is 0 Å². The summed E-state index contributed by atoms with van der Waals surface area (Å²) < 4.78 is 24.1. The number of rotatable bonds is 4. The van der Waals surface area contributed by atoms with Crippen molar-refractivity contribution in [1.29, 1.82) is 0 Å². The van der Waals surface area contributed by atoms with Gasteiger partial charge in [0.25, 0.3) is 0 Å². The summed E-state index contributed by atoms with van der Waals surface area (Å²) in [6.07, 6.45) is 8.48. The molecule has 1 N–H and O–H groups in total. The molecule has 0 amide bonds. The molecule has 26 heavy (non-hydrogen) atoms. The van der Waals surface area contributed by atoms with Crippen LogP contribution in [0.4, 0.5) is 5.69 Å². The fourth-order valence-electron chi connectivity index (χ4n) is 2.87. The molecule has 7 heteroatoms. The third-order valence-electron chi connectivity index (χ3n) is 4.02. The summed E-state index contributed by atoms with van der Waals surface area (Å²) in [4.78, 5) is 12.6. The minimum absolute atomic E-state index is 0.430. The molecule has 0 fully saturated rings. The second-order valence-electron chi connectivity index (χ2n) is 5.66. The van der Waals surface area contributed by atoms with Crippen LogP contribution in [0.1, 0.15) is 0 Å². The predicted molar refractivity (Wildman–Crippen MR) is 102 cm³/mol. The Morgan fingerprint density at radius 1 is 0.769 bits per heavy atom. The van der Waals surface area contributed by atoms with Crippen LogP contribution in [0.3, 0.4) is 0 Å². The molecule has 0 radical (unpaired) electrons. The number of pyridine rings is 3. The Balaban J connectivity index is 1.85. The van der Waals surface area contributed by atoms with Crippen molar-refractivity contribution in [1.82, 2.24) is 15.0 Å².